The van der Waals surface area contributed by atoms with E-state index >= 15 is 0 Å². The van der Waals surface area contributed by atoms with E-state index in [2.05, 4.69) is 54.0 Å². The second-order valence-corrected chi connectivity index (χ2v) is 5.76. The highest BCUT2D eigenvalue weighted by Gasteiger charge is 2.13. The van der Waals surface area contributed by atoms with E-state index in [1.165, 1.54) is 28.8 Å². The third kappa shape index (κ3) is 3.44. The summed E-state index contributed by atoms with van der Waals surface area (Å²) in [5, 5.41) is 5.49. The number of aryl methyl sites for hydroxylation is 2. The minimum absolute atomic E-state index is 0.610. The molecular formula is C16H21NS. The van der Waals surface area contributed by atoms with Gasteiger partial charge in [-0.2, -0.15) is 0 Å². The van der Waals surface area contributed by atoms with Crippen molar-refractivity contribution in [3.05, 3.63) is 57.8 Å². The predicted molar refractivity (Wildman–Crippen MR) is 80.5 cm³/mol. The molecule has 2 heteroatoms. The largest absolute Gasteiger partial charge is 0.319 e. The van der Waals surface area contributed by atoms with E-state index in [1.54, 1.807) is 0 Å². The fourth-order valence-electron chi connectivity index (χ4n) is 2.43. The molecule has 0 bridgehead atoms. The van der Waals surface area contributed by atoms with Gasteiger partial charge in [0.05, 0.1) is 0 Å². The fourth-order valence-corrected chi connectivity index (χ4v) is 3.15. The van der Waals surface area contributed by atoms with Crippen molar-refractivity contribution in [2.45, 2.75) is 25.7 Å². The van der Waals surface area contributed by atoms with Gasteiger partial charge in [-0.15, -0.1) is 11.3 Å². The molecule has 1 nitrogen and oxygen atoms in total. The number of hydrogen-bond acceptors (Lipinski definition) is 2. The molecule has 0 saturated carbocycles. The van der Waals surface area contributed by atoms with Crippen molar-refractivity contribution >= 4 is 11.3 Å². The molecule has 0 aliphatic carbocycles. The summed E-state index contributed by atoms with van der Waals surface area (Å²) in [5.74, 6) is 0.610. The van der Waals surface area contributed by atoms with Crippen molar-refractivity contribution < 1.29 is 0 Å². The van der Waals surface area contributed by atoms with Crippen molar-refractivity contribution in [2.75, 3.05) is 13.6 Å². The summed E-state index contributed by atoms with van der Waals surface area (Å²) >= 11 is 1.86. The summed E-state index contributed by atoms with van der Waals surface area (Å²) in [6.45, 7) is 3.26. The lowest BCUT2D eigenvalue weighted by Gasteiger charge is -2.18. The minimum atomic E-state index is 0.610. The molecule has 96 valence electrons. The first-order valence-electron chi connectivity index (χ1n) is 6.53. The van der Waals surface area contributed by atoms with Crippen LogP contribution in [0.1, 0.15) is 28.3 Å². The summed E-state index contributed by atoms with van der Waals surface area (Å²) in [7, 11) is 2.04. The van der Waals surface area contributed by atoms with Crippen LogP contribution in [-0.4, -0.2) is 13.6 Å². The van der Waals surface area contributed by atoms with Crippen LogP contribution in [0.15, 0.2) is 41.8 Å². The quantitative estimate of drug-likeness (QED) is 0.827. The van der Waals surface area contributed by atoms with E-state index in [-0.39, 0.29) is 0 Å². The number of benzene rings is 1. The van der Waals surface area contributed by atoms with E-state index in [1.807, 2.05) is 18.4 Å². The average molecular weight is 259 g/mol. The Bertz CT molecular complexity index is 462. The zero-order valence-electron chi connectivity index (χ0n) is 11.1. The Kier molecular flexibility index (Phi) is 4.97. The minimum Gasteiger partial charge on any atom is -0.319 e. The molecule has 18 heavy (non-hydrogen) atoms. The zero-order valence-corrected chi connectivity index (χ0v) is 12.0. The van der Waals surface area contributed by atoms with Crippen molar-refractivity contribution in [3.8, 4) is 0 Å². The maximum Gasteiger partial charge on any atom is 0.00454 e. The van der Waals surface area contributed by atoms with Crippen LogP contribution in [0.25, 0.3) is 0 Å². The van der Waals surface area contributed by atoms with Crippen LogP contribution in [0.5, 0.6) is 0 Å². The Morgan fingerprint density at radius 3 is 2.67 bits per heavy atom. The Morgan fingerprint density at radius 2 is 2.00 bits per heavy atom. The van der Waals surface area contributed by atoms with Gasteiger partial charge in [0.2, 0.25) is 0 Å². The molecule has 0 aliphatic heterocycles. The fraction of sp³-hybridized carbons (Fsp3) is 0.375. The van der Waals surface area contributed by atoms with Gasteiger partial charge in [-0.25, -0.2) is 0 Å². The van der Waals surface area contributed by atoms with Crippen LogP contribution in [0.2, 0.25) is 0 Å². The maximum absolute atomic E-state index is 3.33. The van der Waals surface area contributed by atoms with Crippen LogP contribution in [0, 0.1) is 6.92 Å². The number of rotatable bonds is 6. The molecule has 1 heterocycles. The zero-order chi connectivity index (χ0) is 12.8. The van der Waals surface area contributed by atoms with E-state index in [0.29, 0.717) is 5.92 Å². The van der Waals surface area contributed by atoms with Crippen molar-refractivity contribution in [1.82, 2.24) is 5.32 Å². The molecule has 1 N–H and O–H groups in total. The first-order valence-corrected chi connectivity index (χ1v) is 7.41. The highest BCUT2D eigenvalue weighted by atomic mass is 32.1. The Labute approximate surface area is 114 Å². The standard InChI is InChI=1S/C16H21NS/c1-13-6-3-4-8-16(13)14(12-17-2)9-10-15-7-5-11-18-15/h3-8,11,14,17H,9-10,12H2,1-2H3. The molecule has 2 aromatic rings. The monoisotopic (exact) mass is 259 g/mol. The van der Waals surface area contributed by atoms with Gasteiger partial charge in [0.25, 0.3) is 0 Å². The molecule has 0 amide bonds. The Balaban J connectivity index is 2.06. The predicted octanol–water partition coefficient (Wildman–Crippen LogP) is 3.99. The van der Waals surface area contributed by atoms with Gasteiger partial charge in [0.15, 0.2) is 0 Å². The highest BCUT2D eigenvalue weighted by Crippen LogP contribution is 2.25. The third-order valence-electron chi connectivity index (χ3n) is 3.40. The lowest BCUT2D eigenvalue weighted by Crippen LogP contribution is -2.18. The number of likely N-dealkylation sites (N-methyl/N-ethyl adjacent to an activating group) is 1. The van der Waals surface area contributed by atoms with Crippen molar-refractivity contribution in [3.63, 3.8) is 0 Å². The molecule has 0 aliphatic rings. The van der Waals surface area contributed by atoms with Gasteiger partial charge in [-0.3, -0.25) is 0 Å². The van der Waals surface area contributed by atoms with Crippen LogP contribution in [-0.2, 0) is 6.42 Å². The van der Waals surface area contributed by atoms with Crippen LogP contribution in [0.4, 0.5) is 0 Å². The Hall–Kier alpha value is -1.12. The van der Waals surface area contributed by atoms with Gasteiger partial charge in [-0.05, 0) is 55.3 Å². The lowest BCUT2D eigenvalue weighted by atomic mass is 9.90. The molecule has 0 radical (unpaired) electrons. The number of nitrogens with one attached hydrogen (secondary N) is 1. The van der Waals surface area contributed by atoms with Crippen molar-refractivity contribution in [2.24, 2.45) is 0 Å². The number of thiophene rings is 1. The molecule has 0 spiro atoms. The van der Waals surface area contributed by atoms with Gasteiger partial charge in [-0.1, -0.05) is 30.3 Å². The van der Waals surface area contributed by atoms with E-state index < -0.39 is 0 Å². The summed E-state index contributed by atoms with van der Waals surface area (Å²) in [6.07, 6.45) is 2.39. The maximum atomic E-state index is 3.33. The topological polar surface area (TPSA) is 12.0 Å². The van der Waals surface area contributed by atoms with Crippen molar-refractivity contribution in [1.29, 1.82) is 0 Å². The van der Waals surface area contributed by atoms with E-state index in [0.717, 1.165) is 6.54 Å². The van der Waals surface area contributed by atoms with Gasteiger partial charge < -0.3 is 5.32 Å². The highest BCUT2D eigenvalue weighted by molar-refractivity contribution is 7.09. The summed E-state index contributed by atoms with van der Waals surface area (Å²) in [4.78, 5) is 1.49. The molecular weight excluding hydrogens is 238 g/mol. The van der Waals surface area contributed by atoms with Crippen LogP contribution >= 0.6 is 11.3 Å². The molecule has 0 fully saturated rings. The van der Waals surface area contributed by atoms with Gasteiger partial charge >= 0.3 is 0 Å². The van der Waals surface area contributed by atoms with Gasteiger partial charge in [0, 0.05) is 11.4 Å². The molecule has 1 aromatic heterocycles. The lowest BCUT2D eigenvalue weighted by molar-refractivity contribution is 0.584. The summed E-state index contributed by atoms with van der Waals surface area (Å²) in [5.41, 5.74) is 2.90. The molecule has 2 rings (SSSR count). The van der Waals surface area contributed by atoms with E-state index in [9.17, 15) is 0 Å². The normalized spacial score (nSPS) is 12.6. The number of hydrogen-bond donors (Lipinski definition) is 1. The smallest absolute Gasteiger partial charge is 0.00454 e. The summed E-state index contributed by atoms with van der Waals surface area (Å²) in [6, 6.07) is 13.1. The first-order chi connectivity index (χ1) is 8.81. The second-order valence-electron chi connectivity index (χ2n) is 4.73. The molecule has 1 aromatic carbocycles. The average Bonchev–Trinajstić information content (AvgIpc) is 2.88. The molecule has 0 saturated heterocycles. The summed E-state index contributed by atoms with van der Waals surface area (Å²) < 4.78 is 0. The second kappa shape index (κ2) is 6.72. The first kappa shape index (κ1) is 13.3. The van der Waals surface area contributed by atoms with E-state index in [4.69, 9.17) is 0 Å². The van der Waals surface area contributed by atoms with Crippen LogP contribution < -0.4 is 5.32 Å². The molecule has 1 atom stereocenters. The molecule has 1 unspecified atom stereocenters. The Morgan fingerprint density at radius 1 is 1.17 bits per heavy atom. The third-order valence-corrected chi connectivity index (χ3v) is 4.33. The van der Waals surface area contributed by atoms with Crippen LogP contribution in [0.3, 0.4) is 0 Å². The SMILES string of the molecule is CNCC(CCc1cccs1)c1ccccc1C. The van der Waals surface area contributed by atoms with Gasteiger partial charge in [0.1, 0.15) is 0 Å².